The first kappa shape index (κ1) is 15.8. The number of methoxy groups -OCH3 is 1. The molecule has 2 aromatic heterocycles. The number of nitrogens with zero attached hydrogens (tertiary/aromatic N) is 3. The molecule has 0 aliphatic heterocycles. The molecule has 2 N–H and O–H groups in total. The van der Waals surface area contributed by atoms with E-state index in [2.05, 4.69) is 20.5 Å². The predicted molar refractivity (Wildman–Crippen MR) is 95.3 cm³/mol. The Morgan fingerprint density at radius 2 is 1.96 bits per heavy atom. The molecule has 26 heavy (non-hydrogen) atoms. The highest BCUT2D eigenvalue weighted by Gasteiger charge is 2.12. The summed E-state index contributed by atoms with van der Waals surface area (Å²) in [5.41, 5.74) is 1.87. The normalized spacial score (nSPS) is 10.8. The molecule has 0 saturated heterocycles. The van der Waals surface area contributed by atoms with Crippen molar-refractivity contribution in [2.45, 2.75) is 0 Å². The van der Waals surface area contributed by atoms with Crippen molar-refractivity contribution in [3.05, 3.63) is 70.9 Å². The van der Waals surface area contributed by atoms with Gasteiger partial charge in [-0.1, -0.05) is 6.07 Å². The standard InChI is InChI=1S/C18H14FN5O2/c1-26-14-7-5-11(6-8-14)15-10-16-22-23-18(25)24(16)17(21-15)20-13-4-2-3-12(19)9-13/h2-10H,1H3,(H,20,21)(H,23,25). The lowest BCUT2D eigenvalue weighted by molar-refractivity contribution is 0.415. The van der Waals surface area contributed by atoms with Gasteiger partial charge in [-0.05, 0) is 42.5 Å². The number of benzene rings is 2. The van der Waals surface area contributed by atoms with Crippen LogP contribution in [0.4, 0.5) is 16.0 Å². The van der Waals surface area contributed by atoms with Crippen LogP contribution in [0.15, 0.2) is 59.4 Å². The van der Waals surface area contributed by atoms with Gasteiger partial charge in [-0.15, -0.1) is 0 Å². The number of H-pyrrole nitrogens is 1. The Balaban J connectivity index is 1.84. The molecule has 0 radical (unpaired) electrons. The van der Waals surface area contributed by atoms with E-state index < -0.39 is 11.5 Å². The van der Waals surface area contributed by atoms with Crippen molar-refractivity contribution in [3.8, 4) is 17.0 Å². The topological polar surface area (TPSA) is 84.3 Å². The molecule has 7 nitrogen and oxygen atoms in total. The fourth-order valence-corrected chi connectivity index (χ4v) is 2.62. The molecule has 8 heteroatoms. The van der Waals surface area contributed by atoms with Crippen LogP contribution in [-0.4, -0.2) is 26.7 Å². The van der Waals surface area contributed by atoms with Crippen molar-refractivity contribution in [2.24, 2.45) is 0 Å². The van der Waals surface area contributed by atoms with E-state index >= 15 is 0 Å². The fraction of sp³-hybridized carbons (Fsp3) is 0.0556. The van der Waals surface area contributed by atoms with Crippen molar-refractivity contribution >= 4 is 17.3 Å². The number of fused-ring (bicyclic) bond motifs is 1. The number of hydrogen-bond donors (Lipinski definition) is 2. The van der Waals surface area contributed by atoms with Crippen LogP contribution in [0.25, 0.3) is 16.9 Å². The highest BCUT2D eigenvalue weighted by molar-refractivity contribution is 5.68. The molecule has 130 valence electrons. The van der Waals surface area contributed by atoms with Crippen LogP contribution in [0.2, 0.25) is 0 Å². The monoisotopic (exact) mass is 351 g/mol. The third-order valence-electron chi connectivity index (χ3n) is 3.87. The highest BCUT2D eigenvalue weighted by Crippen LogP contribution is 2.24. The van der Waals surface area contributed by atoms with Crippen molar-refractivity contribution < 1.29 is 9.13 Å². The number of halogens is 1. The van der Waals surface area contributed by atoms with E-state index in [-0.39, 0.29) is 5.95 Å². The molecule has 0 unspecified atom stereocenters. The van der Waals surface area contributed by atoms with E-state index in [9.17, 15) is 9.18 Å². The fourth-order valence-electron chi connectivity index (χ4n) is 2.62. The van der Waals surface area contributed by atoms with Crippen LogP contribution < -0.4 is 15.7 Å². The number of ether oxygens (including phenoxy) is 1. The first-order valence-electron chi connectivity index (χ1n) is 7.79. The molecule has 0 aliphatic carbocycles. The Bertz CT molecular complexity index is 1130. The van der Waals surface area contributed by atoms with E-state index in [0.717, 1.165) is 11.3 Å². The third-order valence-corrected chi connectivity index (χ3v) is 3.87. The Hall–Kier alpha value is -3.68. The molecule has 0 saturated carbocycles. The molecule has 0 amide bonds. The van der Waals surface area contributed by atoms with Crippen LogP contribution in [0.5, 0.6) is 5.75 Å². The molecule has 2 heterocycles. The summed E-state index contributed by atoms with van der Waals surface area (Å²) in [6.07, 6.45) is 0. The zero-order valence-electron chi connectivity index (χ0n) is 13.7. The van der Waals surface area contributed by atoms with Gasteiger partial charge in [0.25, 0.3) is 0 Å². The average molecular weight is 351 g/mol. The third kappa shape index (κ3) is 2.88. The maximum Gasteiger partial charge on any atom is 0.350 e. The molecule has 4 aromatic rings. The van der Waals surface area contributed by atoms with Gasteiger partial charge in [0.1, 0.15) is 11.6 Å². The van der Waals surface area contributed by atoms with Crippen molar-refractivity contribution in [1.29, 1.82) is 0 Å². The summed E-state index contributed by atoms with van der Waals surface area (Å²) in [6.45, 7) is 0. The van der Waals surface area contributed by atoms with Gasteiger partial charge in [-0.25, -0.2) is 23.7 Å². The summed E-state index contributed by atoms with van der Waals surface area (Å²) in [5, 5.41) is 9.37. The number of nitrogens with one attached hydrogen (secondary N) is 2. The Kier molecular flexibility index (Phi) is 3.85. The summed E-state index contributed by atoms with van der Waals surface area (Å²) in [4.78, 5) is 16.6. The minimum Gasteiger partial charge on any atom is -0.497 e. The molecule has 4 rings (SSSR count). The van der Waals surface area contributed by atoms with Gasteiger partial charge in [0.2, 0.25) is 5.95 Å². The summed E-state index contributed by atoms with van der Waals surface area (Å²) < 4.78 is 19.9. The quantitative estimate of drug-likeness (QED) is 0.590. The van der Waals surface area contributed by atoms with Gasteiger partial charge in [-0.2, -0.15) is 5.10 Å². The van der Waals surface area contributed by atoms with E-state index in [1.165, 1.54) is 16.5 Å². The van der Waals surface area contributed by atoms with Gasteiger partial charge >= 0.3 is 5.69 Å². The van der Waals surface area contributed by atoms with Crippen molar-refractivity contribution in [2.75, 3.05) is 12.4 Å². The molecule has 0 atom stereocenters. The number of hydrogen-bond acceptors (Lipinski definition) is 5. The number of aromatic amines is 1. The number of aromatic nitrogens is 4. The Morgan fingerprint density at radius 3 is 2.69 bits per heavy atom. The summed E-state index contributed by atoms with van der Waals surface area (Å²) in [7, 11) is 1.59. The Morgan fingerprint density at radius 1 is 1.15 bits per heavy atom. The molecule has 0 aliphatic rings. The zero-order chi connectivity index (χ0) is 18.1. The smallest absolute Gasteiger partial charge is 0.350 e. The van der Waals surface area contributed by atoms with Gasteiger partial charge in [0.15, 0.2) is 5.65 Å². The Labute approximate surface area is 147 Å². The van der Waals surface area contributed by atoms with Crippen LogP contribution in [-0.2, 0) is 0 Å². The maximum absolute atomic E-state index is 13.5. The SMILES string of the molecule is COc1ccc(-c2cc3n[nH]c(=O)n3c(Nc3cccc(F)c3)n2)cc1. The molecular formula is C18H14FN5O2. The van der Waals surface area contributed by atoms with Crippen LogP contribution in [0, 0.1) is 5.82 Å². The van der Waals surface area contributed by atoms with Gasteiger partial charge < -0.3 is 10.1 Å². The second-order valence-corrected chi connectivity index (χ2v) is 5.55. The summed E-state index contributed by atoms with van der Waals surface area (Å²) >= 11 is 0. The lowest BCUT2D eigenvalue weighted by atomic mass is 10.1. The van der Waals surface area contributed by atoms with E-state index in [1.54, 1.807) is 25.3 Å². The van der Waals surface area contributed by atoms with E-state index in [4.69, 9.17) is 4.74 Å². The number of anilines is 2. The molecular weight excluding hydrogens is 337 g/mol. The van der Waals surface area contributed by atoms with Crippen LogP contribution >= 0.6 is 0 Å². The van der Waals surface area contributed by atoms with Crippen molar-refractivity contribution in [1.82, 2.24) is 19.6 Å². The maximum atomic E-state index is 13.5. The van der Waals surface area contributed by atoms with Crippen LogP contribution in [0.1, 0.15) is 0 Å². The second-order valence-electron chi connectivity index (χ2n) is 5.55. The van der Waals surface area contributed by atoms with Gasteiger partial charge in [-0.3, -0.25) is 0 Å². The second kappa shape index (κ2) is 6.32. The summed E-state index contributed by atoms with van der Waals surface area (Å²) in [5.74, 6) is 0.568. The molecule has 2 aromatic carbocycles. The highest BCUT2D eigenvalue weighted by atomic mass is 19.1. The zero-order valence-corrected chi connectivity index (χ0v) is 13.7. The number of rotatable bonds is 4. The molecule has 0 fully saturated rings. The van der Waals surface area contributed by atoms with E-state index in [0.29, 0.717) is 17.0 Å². The minimum atomic E-state index is -0.437. The lowest BCUT2D eigenvalue weighted by Crippen LogP contribution is -2.14. The first-order chi connectivity index (χ1) is 12.6. The summed E-state index contributed by atoms with van der Waals surface area (Å²) in [6, 6.07) is 14.9. The van der Waals surface area contributed by atoms with Crippen LogP contribution in [0.3, 0.4) is 0 Å². The predicted octanol–water partition coefficient (Wildman–Crippen LogP) is 2.98. The van der Waals surface area contributed by atoms with Gasteiger partial charge in [0.05, 0.1) is 12.8 Å². The van der Waals surface area contributed by atoms with Gasteiger partial charge in [0, 0.05) is 17.3 Å². The lowest BCUT2D eigenvalue weighted by Gasteiger charge is -2.10. The molecule has 0 spiro atoms. The minimum absolute atomic E-state index is 0.234. The average Bonchev–Trinajstić information content (AvgIpc) is 3.03. The largest absolute Gasteiger partial charge is 0.497 e. The first-order valence-corrected chi connectivity index (χ1v) is 7.79. The van der Waals surface area contributed by atoms with E-state index in [1.807, 2.05) is 24.3 Å². The molecule has 0 bridgehead atoms. The van der Waals surface area contributed by atoms with Crippen molar-refractivity contribution in [3.63, 3.8) is 0 Å².